The summed E-state index contributed by atoms with van der Waals surface area (Å²) < 4.78 is 39.4. The lowest BCUT2D eigenvalue weighted by Crippen LogP contribution is -2.53. The van der Waals surface area contributed by atoms with Gasteiger partial charge in [-0.15, -0.1) is 23.1 Å². The fraction of sp³-hybridized carbons (Fsp3) is 0.400. The molecule has 154 valence electrons. The van der Waals surface area contributed by atoms with Crippen molar-refractivity contribution in [1.82, 2.24) is 4.90 Å². The molecule has 1 aromatic heterocycles. The van der Waals surface area contributed by atoms with E-state index >= 15 is 0 Å². The van der Waals surface area contributed by atoms with Crippen molar-refractivity contribution < 1.29 is 22.8 Å². The van der Waals surface area contributed by atoms with Crippen molar-refractivity contribution in [2.45, 2.75) is 30.3 Å². The monoisotopic (exact) mass is 440 g/mol. The van der Waals surface area contributed by atoms with Gasteiger partial charge in [-0.05, 0) is 42.5 Å². The number of rotatable bonds is 3. The van der Waals surface area contributed by atoms with E-state index in [0.29, 0.717) is 32.4 Å². The van der Waals surface area contributed by atoms with E-state index < -0.39 is 16.6 Å². The maximum absolute atomic E-state index is 13.1. The van der Waals surface area contributed by atoms with Gasteiger partial charge in [-0.25, -0.2) is 0 Å². The van der Waals surface area contributed by atoms with Crippen LogP contribution in [0.1, 0.15) is 23.3 Å². The van der Waals surface area contributed by atoms with Gasteiger partial charge in [0, 0.05) is 23.7 Å². The molecule has 0 saturated carbocycles. The van der Waals surface area contributed by atoms with Gasteiger partial charge in [0.25, 0.3) is 0 Å². The van der Waals surface area contributed by atoms with Crippen molar-refractivity contribution in [2.24, 2.45) is 0 Å². The van der Waals surface area contributed by atoms with E-state index in [9.17, 15) is 22.8 Å². The molecule has 2 aromatic rings. The van der Waals surface area contributed by atoms with E-state index in [1.807, 2.05) is 17.5 Å². The second kappa shape index (κ2) is 7.68. The topological polar surface area (TPSA) is 40.6 Å². The lowest BCUT2D eigenvalue weighted by Gasteiger charge is -2.44. The van der Waals surface area contributed by atoms with Gasteiger partial charge in [0.1, 0.15) is 0 Å². The molecular weight excluding hydrogens is 421 g/mol. The van der Waals surface area contributed by atoms with Gasteiger partial charge < -0.3 is 4.90 Å². The summed E-state index contributed by atoms with van der Waals surface area (Å²) >= 11 is 3.01. The van der Waals surface area contributed by atoms with E-state index in [1.54, 1.807) is 11.0 Å². The van der Waals surface area contributed by atoms with Gasteiger partial charge in [0.15, 0.2) is 0 Å². The Labute approximate surface area is 174 Å². The minimum absolute atomic E-state index is 0.0437. The number of thiophene rings is 1. The SMILES string of the molecule is O=C(Cc1cccs1)N1CCC2(CC1)SCC(=O)N2c1cccc(C(F)(F)F)c1. The van der Waals surface area contributed by atoms with Gasteiger partial charge >= 0.3 is 6.18 Å². The average Bonchev–Trinajstić information content (AvgIpc) is 3.30. The summed E-state index contributed by atoms with van der Waals surface area (Å²) in [5.74, 6) is 0.0919. The van der Waals surface area contributed by atoms with Crippen LogP contribution in [0.15, 0.2) is 41.8 Å². The summed E-state index contributed by atoms with van der Waals surface area (Å²) in [6.07, 6.45) is -3.03. The zero-order valence-corrected chi connectivity index (χ0v) is 17.1. The number of alkyl halides is 3. The molecule has 0 atom stereocenters. The first-order valence-electron chi connectivity index (χ1n) is 9.23. The summed E-state index contributed by atoms with van der Waals surface area (Å²) in [5, 5.41) is 1.93. The molecule has 0 aliphatic carbocycles. The summed E-state index contributed by atoms with van der Waals surface area (Å²) in [6, 6.07) is 8.77. The molecule has 0 radical (unpaired) electrons. The predicted molar refractivity (Wildman–Crippen MR) is 108 cm³/mol. The van der Waals surface area contributed by atoms with E-state index in [4.69, 9.17) is 0 Å². The minimum atomic E-state index is -4.46. The van der Waals surface area contributed by atoms with Gasteiger partial charge in [-0.2, -0.15) is 13.2 Å². The van der Waals surface area contributed by atoms with E-state index in [-0.39, 0.29) is 23.3 Å². The maximum atomic E-state index is 13.1. The number of hydrogen-bond donors (Lipinski definition) is 0. The smallest absolute Gasteiger partial charge is 0.342 e. The van der Waals surface area contributed by atoms with Crippen LogP contribution in [-0.2, 0) is 22.2 Å². The largest absolute Gasteiger partial charge is 0.416 e. The molecule has 0 unspecified atom stereocenters. The van der Waals surface area contributed by atoms with Crippen LogP contribution in [0.2, 0.25) is 0 Å². The van der Waals surface area contributed by atoms with Gasteiger partial charge in [0.2, 0.25) is 11.8 Å². The Balaban J connectivity index is 1.51. The third kappa shape index (κ3) is 4.02. The molecule has 2 fully saturated rings. The molecule has 9 heteroatoms. The van der Waals surface area contributed by atoms with Crippen molar-refractivity contribution >= 4 is 40.6 Å². The zero-order chi connectivity index (χ0) is 20.6. The molecule has 2 aliphatic heterocycles. The van der Waals surface area contributed by atoms with Crippen molar-refractivity contribution in [2.75, 3.05) is 23.7 Å². The Morgan fingerprint density at radius 1 is 1.14 bits per heavy atom. The van der Waals surface area contributed by atoms with Gasteiger partial charge in [-0.1, -0.05) is 12.1 Å². The first-order chi connectivity index (χ1) is 13.8. The number of hydrogen-bond acceptors (Lipinski definition) is 4. The molecule has 0 N–H and O–H groups in total. The first kappa shape index (κ1) is 20.3. The molecule has 4 rings (SSSR count). The molecule has 2 saturated heterocycles. The number of halogens is 3. The molecular formula is C20H19F3N2O2S2. The molecule has 1 spiro atoms. The third-order valence-corrected chi connectivity index (χ3v) is 7.75. The van der Waals surface area contributed by atoms with E-state index in [1.165, 1.54) is 34.1 Å². The molecule has 29 heavy (non-hydrogen) atoms. The highest BCUT2D eigenvalue weighted by atomic mass is 32.2. The summed E-state index contributed by atoms with van der Waals surface area (Å²) in [7, 11) is 0. The Hall–Kier alpha value is -2.00. The second-order valence-electron chi connectivity index (χ2n) is 7.15. The lowest BCUT2D eigenvalue weighted by atomic mass is 10.00. The number of amides is 2. The Morgan fingerprint density at radius 2 is 1.90 bits per heavy atom. The number of piperidine rings is 1. The normalized spacial score (nSPS) is 19.2. The Morgan fingerprint density at radius 3 is 2.55 bits per heavy atom. The molecule has 2 aliphatic rings. The minimum Gasteiger partial charge on any atom is -0.342 e. The highest BCUT2D eigenvalue weighted by Crippen LogP contribution is 2.47. The number of carbonyl (C=O) groups excluding carboxylic acids is 2. The molecule has 3 heterocycles. The van der Waals surface area contributed by atoms with Crippen LogP contribution < -0.4 is 4.90 Å². The second-order valence-corrected chi connectivity index (χ2v) is 9.52. The number of nitrogens with zero attached hydrogens (tertiary/aromatic N) is 2. The maximum Gasteiger partial charge on any atom is 0.416 e. The Kier molecular flexibility index (Phi) is 5.37. The highest BCUT2D eigenvalue weighted by Gasteiger charge is 2.49. The van der Waals surface area contributed by atoms with Crippen molar-refractivity contribution in [1.29, 1.82) is 0 Å². The van der Waals surface area contributed by atoms with Crippen molar-refractivity contribution in [3.8, 4) is 0 Å². The number of anilines is 1. The van der Waals surface area contributed by atoms with Crippen LogP contribution in [0, 0.1) is 0 Å². The van der Waals surface area contributed by atoms with Crippen LogP contribution >= 0.6 is 23.1 Å². The van der Waals surface area contributed by atoms with Crippen molar-refractivity contribution in [3.05, 3.63) is 52.2 Å². The lowest BCUT2D eigenvalue weighted by molar-refractivity contribution is -0.137. The fourth-order valence-electron chi connectivity index (χ4n) is 3.90. The number of likely N-dealkylation sites (tertiary alicyclic amines) is 1. The predicted octanol–water partition coefficient (Wildman–Crippen LogP) is 4.41. The Bertz CT molecular complexity index is 907. The van der Waals surface area contributed by atoms with E-state index in [0.717, 1.165) is 17.0 Å². The van der Waals surface area contributed by atoms with Crippen LogP contribution in [0.3, 0.4) is 0 Å². The van der Waals surface area contributed by atoms with Crippen LogP contribution in [-0.4, -0.2) is 40.4 Å². The fourth-order valence-corrected chi connectivity index (χ4v) is 5.93. The molecule has 1 aromatic carbocycles. The van der Waals surface area contributed by atoms with Crippen LogP contribution in [0.25, 0.3) is 0 Å². The number of benzene rings is 1. The molecule has 2 amide bonds. The third-order valence-electron chi connectivity index (χ3n) is 5.36. The zero-order valence-electron chi connectivity index (χ0n) is 15.4. The van der Waals surface area contributed by atoms with E-state index in [2.05, 4.69) is 0 Å². The number of thioether (sulfide) groups is 1. The van der Waals surface area contributed by atoms with Crippen LogP contribution in [0.4, 0.5) is 18.9 Å². The standard InChI is InChI=1S/C20H19F3N2O2S2/c21-20(22,23)14-3-1-4-15(11-14)25-18(27)13-29-19(25)6-8-24(9-7-19)17(26)12-16-5-2-10-28-16/h1-5,10-11H,6-9,12-13H2. The average molecular weight is 441 g/mol. The quantitative estimate of drug-likeness (QED) is 0.710. The number of carbonyl (C=O) groups is 2. The van der Waals surface area contributed by atoms with Gasteiger partial charge in [-0.3, -0.25) is 14.5 Å². The van der Waals surface area contributed by atoms with Crippen molar-refractivity contribution in [3.63, 3.8) is 0 Å². The molecule has 0 bridgehead atoms. The van der Waals surface area contributed by atoms with Gasteiger partial charge in [0.05, 0.1) is 22.6 Å². The van der Waals surface area contributed by atoms with Crippen LogP contribution in [0.5, 0.6) is 0 Å². The summed E-state index contributed by atoms with van der Waals surface area (Å²) in [4.78, 5) is 28.9. The summed E-state index contributed by atoms with van der Waals surface area (Å²) in [5.41, 5.74) is -0.494. The summed E-state index contributed by atoms with van der Waals surface area (Å²) in [6.45, 7) is 0.972. The molecule has 4 nitrogen and oxygen atoms in total. The first-order valence-corrected chi connectivity index (χ1v) is 11.1. The highest BCUT2D eigenvalue weighted by molar-refractivity contribution is 8.02.